The maximum absolute atomic E-state index is 12.6. The molecule has 2 aromatic carbocycles. The highest BCUT2D eigenvalue weighted by molar-refractivity contribution is 6.30. The van der Waals surface area contributed by atoms with Crippen molar-refractivity contribution in [3.05, 3.63) is 65.1 Å². The van der Waals surface area contributed by atoms with E-state index in [-0.39, 0.29) is 11.8 Å². The molecule has 0 bridgehead atoms. The Labute approximate surface area is 166 Å². The van der Waals surface area contributed by atoms with Crippen LogP contribution in [0.15, 0.2) is 53.2 Å². The number of fused-ring (bicyclic) bond motifs is 1. The van der Waals surface area contributed by atoms with Crippen molar-refractivity contribution in [3.8, 4) is 11.5 Å². The van der Waals surface area contributed by atoms with Crippen LogP contribution in [0.1, 0.15) is 23.7 Å². The number of rotatable bonds is 3. The molecule has 1 N–H and O–H groups in total. The second kappa shape index (κ2) is 6.49. The maximum Gasteiger partial charge on any atom is 0.258 e. The zero-order valence-corrected chi connectivity index (χ0v) is 15.9. The molecule has 1 aliphatic rings. The average Bonchev–Trinajstić information content (AvgIpc) is 3.40. The van der Waals surface area contributed by atoms with Gasteiger partial charge in [-0.2, -0.15) is 4.98 Å². The van der Waals surface area contributed by atoms with Crippen molar-refractivity contribution >= 4 is 34.1 Å². The molecule has 0 saturated carbocycles. The maximum atomic E-state index is 12.6. The molecule has 5 rings (SSSR count). The number of amides is 1. The largest absolute Gasteiger partial charge is 0.361 e. The van der Waals surface area contributed by atoms with Crippen LogP contribution in [0.3, 0.4) is 0 Å². The summed E-state index contributed by atoms with van der Waals surface area (Å²) >= 11 is 6.04. The number of nitrogens with zero attached hydrogens (tertiary/aromatic N) is 3. The molecule has 0 radical (unpaired) electrons. The van der Waals surface area contributed by atoms with Crippen LogP contribution in [0.25, 0.3) is 22.4 Å². The molecule has 140 valence electrons. The molecule has 0 spiro atoms. The summed E-state index contributed by atoms with van der Waals surface area (Å²) in [4.78, 5) is 22.2. The van der Waals surface area contributed by atoms with E-state index in [0.717, 1.165) is 27.7 Å². The third kappa shape index (κ3) is 2.77. The van der Waals surface area contributed by atoms with E-state index in [1.807, 2.05) is 49.5 Å². The number of anilines is 1. The van der Waals surface area contributed by atoms with Gasteiger partial charge < -0.3 is 14.4 Å². The summed E-state index contributed by atoms with van der Waals surface area (Å²) in [6, 6.07) is 13.4. The third-order valence-corrected chi connectivity index (χ3v) is 5.44. The number of benzene rings is 2. The number of halogens is 1. The first-order valence-electron chi connectivity index (χ1n) is 9.07. The number of hydrogen-bond donors (Lipinski definition) is 1. The first-order chi connectivity index (χ1) is 13.6. The van der Waals surface area contributed by atoms with Crippen LogP contribution in [0.2, 0.25) is 5.02 Å². The van der Waals surface area contributed by atoms with Gasteiger partial charge in [-0.05, 0) is 48.9 Å². The average molecular weight is 393 g/mol. The first kappa shape index (κ1) is 17.0. The SMILES string of the molecule is Cc1cc(Cl)ccc1N1CC(c2noc(-c3cccc4[nH]ccc34)n2)CC1=O. The Morgan fingerprint density at radius 3 is 3.00 bits per heavy atom. The molecular weight excluding hydrogens is 376 g/mol. The van der Waals surface area contributed by atoms with Crippen molar-refractivity contribution in [2.75, 3.05) is 11.4 Å². The van der Waals surface area contributed by atoms with Gasteiger partial charge in [-0.15, -0.1) is 0 Å². The number of H-pyrrole nitrogens is 1. The third-order valence-electron chi connectivity index (χ3n) is 5.21. The van der Waals surface area contributed by atoms with Gasteiger partial charge in [0.1, 0.15) is 0 Å². The van der Waals surface area contributed by atoms with Gasteiger partial charge in [0, 0.05) is 52.3 Å². The smallest absolute Gasteiger partial charge is 0.258 e. The number of carbonyl (C=O) groups is 1. The zero-order chi connectivity index (χ0) is 19.3. The molecule has 1 fully saturated rings. The van der Waals surface area contributed by atoms with Crippen LogP contribution in [-0.4, -0.2) is 27.6 Å². The molecular formula is C21H17ClN4O2. The normalized spacial score (nSPS) is 17.0. The second-order valence-electron chi connectivity index (χ2n) is 7.04. The summed E-state index contributed by atoms with van der Waals surface area (Å²) in [5, 5.41) is 5.85. The number of nitrogens with one attached hydrogen (secondary N) is 1. The fourth-order valence-corrected chi connectivity index (χ4v) is 4.04. The summed E-state index contributed by atoms with van der Waals surface area (Å²) in [7, 11) is 0. The lowest BCUT2D eigenvalue weighted by atomic mass is 10.1. The van der Waals surface area contributed by atoms with Gasteiger partial charge in [-0.1, -0.05) is 22.8 Å². The van der Waals surface area contributed by atoms with Crippen LogP contribution >= 0.6 is 11.6 Å². The minimum absolute atomic E-state index is 0.0505. The fraction of sp³-hybridized carbons (Fsp3) is 0.190. The Kier molecular flexibility index (Phi) is 3.94. The predicted octanol–water partition coefficient (Wildman–Crippen LogP) is 4.70. The van der Waals surface area contributed by atoms with Crippen molar-refractivity contribution in [2.45, 2.75) is 19.3 Å². The lowest BCUT2D eigenvalue weighted by molar-refractivity contribution is -0.117. The number of carbonyl (C=O) groups excluding carboxylic acids is 1. The minimum atomic E-state index is -0.106. The van der Waals surface area contributed by atoms with E-state index in [2.05, 4.69) is 15.1 Å². The quantitative estimate of drug-likeness (QED) is 0.548. The van der Waals surface area contributed by atoms with Gasteiger partial charge in [0.2, 0.25) is 5.91 Å². The predicted molar refractivity (Wildman–Crippen MR) is 107 cm³/mol. The van der Waals surface area contributed by atoms with E-state index < -0.39 is 0 Å². The molecule has 6 nitrogen and oxygen atoms in total. The minimum Gasteiger partial charge on any atom is -0.361 e. The molecule has 1 saturated heterocycles. The van der Waals surface area contributed by atoms with E-state index in [9.17, 15) is 4.79 Å². The Hall–Kier alpha value is -3.12. The zero-order valence-electron chi connectivity index (χ0n) is 15.1. The Balaban J connectivity index is 1.44. The Morgan fingerprint density at radius 1 is 1.25 bits per heavy atom. The number of hydrogen-bond acceptors (Lipinski definition) is 4. The Bertz CT molecular complexity index is 1200. The van der Waals surface area contributed by atoms with E-state index in [1.54, 1.807) is 11.0 Å². The fourth-order valence-electron chi connectivity index (χ4n) is 3.82. The van der Waals surface area contributed by atoms with Crippen molar-refractivity contribution < 1.29 is 9.32 Å². The van der Waals surface area contributed by atoms with Crippen LogP contribution < -0.4 is 4.90 Å². The molecule has 1 aliphatic heterocycles. The molecule has 7 heteroatoms. The van der Waals surface area contributed by atoms with Crippen molar-refractivity contribution in [2.24, 2.45) is 0 Å². The van der Waals surface area contributed by atoms with E-state index in [1.165, 1.54) is 0 Å². The molecule has 1 unspecified atom stereocenters. The van der Waals surface area contributed by atoms with Gasteiger partial charge >= 0.3 is 0 Å². The van der Waals surface area contributed by atoms with Crippen molar-refractivity contribution in [1.82, 2.24) is 15.1 Å². The molecule has 3 heterocycles. The van der Waals surface area contributed by atoms with Crippen LogP contribution in [0.5, 0.6) is 0 Å². The lowest BCUT2D eigenvalue weighted by Gasteiger charge is -2.18. The second-order valence-corrected chi connectivity index (χ2v) is 7.47. The van der Waals surface area contributed by atoms with Crippen molar-refractivity contribution in [1.29, 1.82) is 0 Å². The van der Waals surface area contributed by atoms with Crippen molar-refractivity contribution in [3.63, 3.8) is 0 Å². The van der Waals surface area contributed by atoms with Crippen LogP contribution in [0.4, 0.5) is 5.69 Å². The highest BCUT2D eigenvalue weighted by Crippen LogP contribution is 2.34. The van der Waals surface area contributed by atoms with E-state index in [4.69, 9.17) is 16.1 Å². The van der Waals surface area contributed by atoms with Gasteiger partial charge in [0.05, 0.1) is 0 Å². The van der Waals surface area contributed by atoms with Gasteiger partial charge in [-0.3, -0.25) is 4.79 Å². The molecule has 1 atom stereocenters. The summed E-state index contributed by atoms with van der Waals surface area (Å²) in [5.74, 6) is 0.971. The van der Waals surface area contributed by atoms with E-state index >= 15 is 0 Å². The Morgan fingerprint density at radius 2 is 2.14 bits per heavy atom. The molecule has 28 heavy (non-hydrogen) atoms. The number of aryl methyl sites for hydroxylation is 1. The van der Waals surface area contributed by atoms with E-state index in [0.29, 0.717) is 29.7 Å². The summed E-state index contributed by atoms with van der Waals surface area (Å²) in [6.07, 6.45) is 2.24. The molecule has 2 aromatic heterocycles. The standard InChI is InChI=1S/C21H17ClN4O2/c1-12-9-14(22)5-6-18(12)26-11-13(10-19(26)27)20-24-21(28-25-20)16-3-2-4-17-15(16)7-8-23-17/h2-9,13,23H,10-11H2,1H3. The molecule has 4 aromatic rings. The first-order valence-corrected chi connectivity index (χ1v) is 9.44. The number of aromatic nitrogens is 3. The van der Waals surface area contributed by atoms with Gasteiger partial charge in [0.15, 0.2) is 5.82 Å². The summed E-state index contributed by atoms with van der Waals surface area (Å²) in [6.45, 7) is 2.47. The highest BCUT2D eigenvalue weighted by atomic mass is 35.5. The molecule has 1 amide bonds. The van der Waals surface area contributed by atoms with Gasteiger partial charge in [-0.25, -0.2) is 0 Å². The molecule has 0 aliphatic carbocycles. The monoisotopic (exact) mass is 392 g/mol. The topological polar surface area (TPSA) is 75.0 Å². The van der Waals surface area contributed by atoms with Gasteiger partial charge in [0.25, 0.3) is 5.89 Å². The highest BCUT2D eigenvalue weighted by Gasteiger charge is 2.35. The number of aromatic amines is 1. The van der Waals surface area contributed by atoms with Crippen LogP contribution in [-0.2, 0) is 4.79 Å². The van der Waals surface area contributed by atoms with Crippen LogP contribution in [0, 0.1) is 6.92 Å². The summed E-state index contributed by atoms with van der Waals surface area (Å²) in [5.41, 5.74) is 3.73. The lowest BCUT2D eigenvalue weighted by Crippen LogP contribution is -2.25. The summed E-state index contributed by atoms with van der Waals surface area (Å²) < 4.78 is 5.53.